The topological polar surface area (TPSA) is 17.1 Å². The molecule has 0 aliphatic rings. The summed E-state index contributed by atoms with van der Waals surface area (Å²) in [6.45, 7) is 8.01. The molecule has 1 heteroatoms. The van der Waals surface area contributed by atoms with Crippen molar-refractivity contribution in [2.75, 3.05) is 0 Å². The van der Waals surface area contributed by atoms with Crippen molar-refractivity contribution in [3.8, 4) is 0 Å². The molecule has 0 saturated heterocycles. The fourth-order valence-electron chi connectivity index (χ4n) is 1.89. The SMILES string of the molecule is Cc1cccc(C)c1C(C)(C)C=O. The average Bonchev–Trinajstić information content (AvgIpc) is 2.03. The summed E-state index contributed by atoms with van der Waals surface area (Å²) in [5.41, 5.74) is 3.18. The summed E-state index contributed by atoms with van der Waals surface area (Å²) >= 11 is 0. The van der Waals surface area contributed by atoms with Crippen LogP contribution in [-0.2, 0) is 10.2 Å². The van der Waals surface area contributed by atoms with Crippen molar-refractivity contribution in [1.29, 1.82) is 0 Å². The molecular formula is C12H16O. The zero-order valence-corrected chi connectivity index (χ0v) is 8.72. The Morgan fingerprint density at radius 3 is 2.00 bits per heavy atom. The first-order valence-corrected chi connectivity index (χ1v) is 4.52. The minimum atomic E-state index is -0.366. The molecule has 0 fully saturated rings. The molecule has 0 heterocycles. The molecule has 13 heavy (non-hydrogen) atoms. The van der Waals surface area contributed by atoms with E-state index in [0.29, 0.717) is 0 Å². The van der Waals surface area contributed by atoms with Crippen molar-refractivity contribution in [1.82, 2.24) is 0 Å². The molecule has 0 saturated carbocycles. The number of benzene rings is 1. The highest BCUT2D eigenvalue weighted by molar-refractivity contribution is 5.69. The summed E-state index contributed by atoms with van der Waals surface area (Å²) < 4.78 is 0. The van der Waals surface area contributed by atoms with E-state index in [0.717, 1.165) is 11.8 Å². The first kappa shape index (κ1) is 9.97. The number of rotatable bonds is 2. The highest BCUT2D eigenvalue weighted by Gasteiger charge is 2.22. The number of aryl methyl sites for hydroxylation is 2. The molecule has 1 rings (SSSR count). The van der Waals surface area contributed by atoms with Crippen molar-refractivity contribution in [2.45, 2.75) is 33.1 Å². The summed E-state index contributed by atoms with van der Waals surface area (Å²) in [6, 6.07) is 6.12. The van der Waals surface area contributed by atoms with Gasteiger partial charge in [-0.25, -0.2) is 0 Å². The molecule has 0 spiro atoms. The minimum absolute atomic E-state index is 0.366. The van der Waals surface area contributed by atoms with E-state index in [2.05, 4.69) is 0 Å². The smallest absolute Gasteiger partial charge is 0.129 e. The molecule has 0 amide bonds. The third-order valence-electron chi connectivity index (χ3n) is 2.42. The molecule has 0 aromatic heterocycles. The van der Waals surface area contributed by atoms with E-state index in [1.165, 1.54) is 11.1 Å². The molecule has 0 unspecified atom stereocenters. The fraction of sp³-hybridized carbons (Fsp3) is 0.417. The maximum absolute atomic E-state index is 10.9. The Morgan fingerprint density at radius 2 is 1.62 bits per heavy atom. The van der Waals surface area contributed by atoms with Crippen molar-refractivity contribution in [2.24, 2.45) is 0 Å². The maximum Gasteiger partial charge on any atom is 0.129 e. The highest BCUT2D eigenvalue weighted by Crippen LogP contribution is 2.27. The van der Waals surface area contributed by atoms with Crippen molar-refractivity contribution < 1.29 is 4.79 Å². The van der Waals surface area contributed by atoms with Crippen LogP contribution in [0.15, 0.2) is 18.2 Å². The molecule has 0 N–H and O–H groups in total. The highest BCUT2D eigenvalue weighted by atomic mass is 16.1. The van der Waals surface area contributed by atoms with Crippen molar-refractivity contribution in [3.63, 3.8) is 0 Å². The lowest BCUT2D eigenvalue weighted by molar-refractivity contribution is -0.111. The second kappa shape index (κ2) is 3.33. The standard InChI is InChI=1S/C12H16O/c1-9-6-5-7-10(2)11(9)12(3,4)8-13/h5-8H,1-4H3. The number of hydrogen-bond acceptors (Lipinski definition) is 1. The van der Waals surface area contributed by atoms with Crippen LogP contribution in [0.3, 0.4) is 0 Å². The van der Waals surface area contributed by atoms with Gasteiger partial charge < -0.3 is 4.79 Å². The Hall–Kier alpha value is -1.11. The molecule has 0 aliphatic carbocycles. The first-order chi connectivity index (χ1) is 5.99. The molecule has 70 valence electrons. The number of aldehydes is 1. The molecule has 0 aliphatic heterocycles. The first-order valence-electron chi connectivity index (χ1n) is 4.52. The van der Waals surface area contributed by atoms with Crippen LogP contribution >= 0.6 is 0 Å². The van der Waals surface area contributed by atoms with Crippen LogP contribution in [0.5, 0.6) is 0 Å². The van der Waals surface area contributed by atoms with E-state index in [4.69, 9.17) is 0 Å². The lowest BCUT2D eigenvalue weighted by Crippen LogP contribution is -2.21. The van der Waals surface area contributed by atoms with Gasteiger partial charge in [-0.3, -0.25) is 0 Å². The summed E-state index contributed by atoms with van der Waals surface area (Å²) in [6.07, 6.45) is 1.02. The van der Waals surface area contributed by atoms with E-state index in [1.54, 1.807) is 0 Å². The monoisotopic (exact) mass is 176 g/mol. The van der Waals surface area contributed by atoms with E-state index in [9.17, 15) is 4.79 Å². The van der Waals surface area contributed by atoms with Crippen LogP contribution in [0.25, 0.3) is 0 Å². The van der Waals surface area contributed by atoms with Crippen molar-refractivity contribution in [3.05, 3.63) is 34.9 Å². The lowest BCUT2D eigenvalue weighted by atomic mass is 9.81. The summed E-state index contributed by atoms with van der Waals surface area (Å²) in [4.78, 5) is 10.9. The van der Waals surface area contributed by atoms with Crippen LogP contribution in [0.4, 0.5) is 0 Å². The van der Waals surface area contributed by atoms with Crippen LogP contribution in [0, 0.1) is 13.8 Å². The van der Waals surface area contributed by atoms with Crippen LogP contribution in [0.2, 0.25) is 0 Å². The van der Waals surface area contributed by atoms with Crippen LogP contribution < -0.4 is 0 Å². The van der Waals surface area contributed by atoms with E-state index >= 15 is 0 Å². The Morgan fingerprint density at radius 1 is 1.15 bits per heavy atom. The molecule has 0 radical (unpaired) electrons. The van der Waals surface area contributed by atoms with E-state index in [1.807, 2.05) is 45.9 Å². The quantitative estimate of drug-likeness (QED) is 0.633. The molecule has 1 aromatic rings. The van der Waals surface area contributed by atoms with Gasteiger partial charge in [0.15, 0.2) is 0 Å². The molecule has 0 bridgehead atoms. The number of carbonyl (C=O) groups is 1. The van der Waals surface area contributed by atoms with Gasteiger partial charge in [-0.05, 0) is 44.4 Å². The third kappa shape index (κ3) is 1.80. The molecular weight excluding hydrogens is 160 g/mol. The average molecular weight is 176 g/mol. The van der Waals surface area contributed by atoms with Gasteiger partial charge in [0.1, 0.15) is 6.29 Å². The van der Waals surface area contributed by atoms with Crippen LogP contribution in [-0.4, -0.2) is 6.29 Å². The predicted octanol–water partition coefficient (Wildman–Crippen LogP) is 2.78. The largest absolute Gasteiger partial charge is 0.302 e. The van der Waals surface area contributed by atoms with Gasteiger partial charge in [0, 0.05) is 5.41 Å². The van der Waals surface area contributed by atoms with Gasteiger partial charge in [-0.2, -0.15) is 0 Å². The zero-order chi connectivity index (χ0) is 10.1. The number of hydrogen-bond donors (Lipinski definition) is 0. The molecule has 0 atom stereocenters. The Bertz CT molecular complexity index is 304. The Balaban J connectivity index is 3.36. The Kier molecular flexibility index (Phi) is 2.55. The second-order valence-electron chi connectivity index (χ2n) is 4.11. The van der Waals surface area contributed by atoms with Gasteiger partial charge in [-0.1, -0.05) is 18.2 Å². The Labute approximate surface area is 79.8 Å². The van der Waals surface area contributed by atoms with Gasteiger partial charge in [0.25, 0.3) is 0 Å². The van der Waals surface area contributed by atoms with Crippen LogP contribution in [0.1, 0.15) is 30.5 Å². The molecule has 1 aromatic carbocycles. The van der Waals surface area contributed by atoms with Gasteiger partial charge in [-0.15, -0.1) is 0 Å². The van der Waals surface area contributed by atoms with Gasteiger partial charge >= 0.3 is 0 Å². The fourth-order valence-corrected chi connectivity index (χ4v) is 1.89. The zero-order valence-electron chi connectivity index (χ0n) is 8.72. The maximum atomic E-state index is 10.9. The van der Waals surface area contributed by atoms with E-state index in [-0.39, 0.29) is 5.41 Å². The summed E-state index contributed by atoms with van der Waals surface area (Å²) in [5, 5.41) is 0. The third-order valence-corrected chi connectivity index (χ3v) is 2.42. The normalized spacial score (nSPS) is 11.4. The van der Waals surface area contributed by atoms with Gasteiger partial charge in [0.05, 0.1) is 0 Å². The minimum Gasteiger partial charge on any atom is -0.302 e. The van der Waals surface area contributed by atoms with Gasteiger partial charge in [0.2, 0.25) is 0 Å². The predicted molar refractivity (Wildman–Crippen MR) is 55.0 cm³/mol. The van der Waals surface area contributed by atoms with Crippen molar-refractivity contribution >= 4 is 6.29 Å². The summed E-state index contributed by atoms with van der Waals surface area (Å²) in [5.74, 6) is 0. The lowest BCUT2D eigenvalue weighted by Gasteiger charge is -2.22. The van der Waals surface area contributed by atoms with E-state index < -0.39 is 0 Å². The number of carbonyl (C=O) groups excluding carboxylic acids is 1. The second-order valence-corrected chi connectivity index (χ2v) is 4.11. The summed E-state index contributed by atoms with van der Waals surface area (Å²) in [7, 11) is 0. The molecule has 1 nitrogen and oxygen atoms in total.